The first kappa shape index (κ1) is 17.7. The Bertz CT molecular complexity index is 805. The first-order chi connectivity index (χ1) is 12.5. The zero-order valence-corrected chi connectivity index (χ0v) is 14.4. The van der Waals surface area contributed by atoms with Gasteiger partial charge in [0.05, 0.1) is 0 Å². The molecule has 3 rings (SSSR count). The first-order valence-electron chi connectivity index (χ1n) is 8.23. The summed E-state index contributed by atoms with van der Waals surface area (Å²) in [5, 5.41) is 0. The number of benzene rings is 2. The molecule has 1 amide bonds. The average Bonchev–Trinajstić information content (AvgIpc) is 2.68. The summed E-state index contributed by atoms with van der Waals surface area (Å²) >= 11 is 0. The van der Waals surface area contributed by atoms with Gasteiger partial charge in [-0.3, -0.25) is 14.4 Å². The Kier molecular flexibility index (Phi) is 5.02. The number of rotatable bonds is 5. The van der Waals surface area contributed by atoms with E-state index in [9.17, 15) is 14.4 Å². The number of nitrogens with zero attached hydrogens (tertiary/aromatic N) is 1. The summed E-state index contributed by atoms with van der Waals surface area (Å²) in [5.41, 5.74) is -0.358. The number of cyclic esters (lactones) is 1. The number of amides is 1. The fourth-order valence-corrected chi connectivity index (χ4v) is 2.70. The lowest BCUT2D eigenvalue weighted by atomic mass is 9.88. The van der Waals surface area contributed by atoms with Crippen LogP contribution in [-0.2, 0) is 37.0 Å². The molecular formula is C20H19NO5. The molecule has 1 fully saturated rings. The van der Waals surface area contributed by atoms with Gasteiger partial charge in [-0.2, -0.15) is 0 Å². The molecule has 1 atom stereocenters. The molecule has 1 unspecified atom stereocenters. The fraction of sp³-hybridized carbons (Fsp3) is 0.250. The Balaban J connectivity index is 1.73. The largest absolute Gasteiger partial charge is 0.460 e. The highest BCUT2D eigenvalue weighted by Crippen LogP contribution is 2.29. The maximum absolute atomic E-state index is 12.8. The van der Waals surface area contributed by atoms with Gasteiger partial charge in [0.2, 0.25) is 5.41 Å². The molecule has 6 nitrogen and oxygen atoms in total. The second kappa shape index (κ2) is 7.39. The van der Waals surface area contributed by atoms with Gasteiger partial charge < -0.3 is 14.4 Å². The molecule has 26 heavy (non-hydrogen) atoms. The predicted molar refractivity (Wildman–Crippen MR) is 92.3 cm³/mol. The minimum Gasteiger partial charge on any atom is -0.460 e. The van der Waals surface area contributed by atoms with Crippen LogP contribution in [0.3, 0.4) is 0 Å². The molecule has 0 bridgehead atoms. The number of carbonyl (C=O) groups excluding carboxylic acids is 3. The van der Waals surface area contributed by atoms with Crippen LogP contribution in [0.25, 0.3) is 0 Å². The summed E-state index contributed by atoms with van der Waals surface area (Å²) in [4.78, 5) is 38.9. The molecule has 1 heterocycles. The van der Waals surface area contributed by atoms with Gasteiger partial charge in [0.1, 0.15) is 6.61 Å². The van der Waals surface area contributed by atoms with Gasteiger partial charge in [0.25, 0.3) is 5.91 Å². The lowest BCUT2D eigenvalue weighted by Gasteiger charge is -2.35. The van der Waals surface area contributed by atoms with E-state index in [1.54, 1.807) is 12.1 Å². The van der Waals surface area contributed by atoms with E-state index in [2.05, 4.69) is 0 Å². The van der Waals surface area contributed by atoms with Crippen LogP contribution in [-0.4, -0.2) is 29.5 Å². The van der Waals surface area contributed by atoms with Crippen molar-refractivity contribution in [3.8, 4) is 0 Å². The maximum atomic E-state index is 12.8. The highest BCUT2D eigenvalue weighted by Gasteiger charge is 2.56. The Labute approximate surface area is 151 Å². The van der Waals surface area contributed by atoms with E-state index in [1.807, 2.05) is 48.5 Å². The summed E-state index contributed by atoms with van der Waals surface area (Å²) in [6.07, 6.45) is 0. The van der Waals surface area contributed by atoms with E-state index in [1.165, 1.54) is 11.8 Å². The average molecular weight is 353 g/mol. The van der Waals surface area contributed by atoms with Crippen molar-refractivity contribution in [2.24, 2.45) is 5.41 Å². The molecule has 0 aliphatic carbocycles. The van der Waals surface area contributed by atoms with Crippen LogP contribution in [0.1, 0.15) is 18.1 Å². The number of carbonyl (C=O) groups is 3. The SMILES string of the molecule is CC1(C(=O)OCc2ccccc2)C(=O)OCN(Cc2ccccc2)C1=O. The number of esters is 2. The molecule has 1 saturated heterocycles. The van der Waals surface area contributed by atoms with Crippen LogP contribution in [0.2, 0.25) is 0 Å². The molecule has 2 aromatic rings. The molecular weight excluding hydrogens is 334 g/mol. The van der Waals surface area contributed by atoms with Crippen molar-refractivity contribution in [3.05, 3.63) is 71.8 Å². The molecule has 6 heteroatoms. The predicted octanol–water partition coefficient (Wildman–Crippen LogP) is 2.28. The van der Waals surface area contributed by atoms with Crippen molar-refractivity contribution in [2.45, 2.75) is 20.1 Å². The molecule has 1 aliphatic rings. The van der Waals surface area contributed by atoms with Crippen molar-refractivity contribution in [1.29, 1.82) is 0 Å². The van der Waals surface area contributed by atoms with Crippen LogP contribution in [0.15, 0.2) is 60.7 Å². The Morgan fingerprint density at radius 1 is 1.04 bits per heavy atom. The van der Waals surface area contributed by atoms with Crippen molar-refractivity contribution in [1.82, 2.24) is 4.90 Å². The van der Waals surface area contributed by atoms with E-state index < -0.39 is 23.3 Å². The maximum Gasteiger partial charge on any atom is 0.334 e. The Hall–Kier alpha value is -3.15. The highest BCUT2D eigenvalue weighted by molar-refractivity contribution is 6.19. The highest BCUT2D eigenvalue weighted by atomic mass is 16.6. The van der Waals surface area contributed by atoms with Gasteiger partial charge in [0, 0.05) is 6.54 Å². The fourth-order valence-electron chi connectivity index (χ4n) is 2.70. The van der Waals surface area contributed by atoms with Gasteiger partial charge in [0.15, 0.2) is 6.73 Å². The summed E-state index contributed by atoms with van der Waals surface area (Å²) < 4.78 is 10.3. The number of hydrogen-bond donors (Lipinski definition) is 0. The molecule has 0 spiro atoms. The van der Waals surface area contributed by atoms with Crippen molar-refractivity contribution in [3.63, 3.8) is 0 Å². The van der Waals surface area contributed by atoms with E-state index in [-0.39, 0.29) is 19.9 Å². The molecule has 134 valence electrons. The molecule has 0 N–H and O–H groups in total. The second-order valence-electron chi connectivity index (χ2n) is 6.24. The zero-order chi connectivity index (χ0) is 18.6. The van der Waals surface area contributed by atoms with Crippen molar-refractivity contribution in [2.75, 3.05) is 6.73 Å². The van der Waals surface area contributed by atoms with E-state index in [0.717, 1.165) is 11.1 Å². The van der Waals surface area contributed by atoms with Crippen LogP contribution in [0.5, 0.6) is 0 Å². The third-order valence-electron chi connectivity index (χ3n) is 4.31. The first-order valence-corrected chi connectivity index (χ1v) is 8.23. The third kappa shape index (κ3) is 3.44. The molecule has 0 radical (unpaired) electrons. The van der Waals surface area contributed by atoms with Crippen molar-refractivity contribution < 1.29 is 23.9 Å². The van der Waals surface area contributed by atoms with Gasteiger partial charge in [-0.1, -0.05) is 60.7 Å². The monoisotopic (exact) mass is 353 g/mol. The standard InChI is InChI=1S/C20H19NO5/c1-20(18(23)25-13-16-10-6-3-7-11-16)17(22)21(14-26-19(20)24)12-15-8-4-2-5-9-15/h2-11H,12-14H2,1H3. The summed E-state index contributed by atoms with van der Waals surface area (Å²) in [6.45, 7) is 1.29. The van der Waals surface area contributed by atoms with Crippen LogP contribution < -0.4 is 0 Å². The quantitative estimate of drug-likeness (QED) is 0.609. The van der Waals surface area contributed by atoms with E-state index in [4.69, 9.17) is 9.47 Å². The lowest BCUT2D eigenvalue weighted by molar-refractivity contribution is -0.192. The van der Waals surface area contributed by atoms with E-state index >= 15 is 0 Å². The second-order valence-corrected chi connectivity index (χ2v) is 6.24. The molecule has 1 aliphatic heterocycles. The number of hydrogen-bond acceptors (Lipinski definition) is 5. The Morgan fingerprint density at radius 3 is 2.23 bits per heavy atom. The minimum absolute atomic E-state index is 0.0193. The van der Waals surface area contributed by atoms with Crippen LogP contribution in [0.4, 0.5) is 0 Å². The molecule has 0 saturated carbocycles. The summed E-state index contributed by atoms with van der Waals surface area (Å²) in [6, 6.07) is 18.3. The molecule has 0 aromatic heterocycles. The summed E-state index contributed by atoms with van der Waals surface area (Å²) in [7, 11) is 0. The smallest absolute Gasteiger partial charge is 0.334 e. The topological polar surface area (TPSA) is 72.9 Å². The van der Waals surface area contributed by atoms with Crippen LogP contribution in [0, 0.1) is 5.41 Å². The van der Waals surface area contributed by atoms with Crippen molar-refractivity contribution >= 4 is 17.8 Å². The van der Waals surface area contributed by atoms with E-state index in [0.29, 0.717) is 0 Å². The van der Waals surface area contributed by atoms with Gasteiger partial charge in [-0.25, -0.2) is 0 Å². The third-order valence-corrected chi connectivity index (χ3v) is 4.31. The zero-order valence-electron chi connectivity index (χ0n) is 14.4. The van der Waals surface area contributed by atoms with Crippen LogP contribution >= 0.6 is 0 Å². The minimum atomic E-state index is -2.00. The van der Waals surface area contributed by atoms with Gasteiger partial charge in [-0.05, 0) is 18.1 Å². The van der Waals surface area contributed by atoms with Gasteiger partial charge >= 0.3 is 11.9 Å². The summed E-state index contributed by atoms with van der Waals surface area (Å²) in [5.74, 6) is -2.41. The Morgan fingerprint density at radius 2 is 1.62 bits per heavy atom. The lowest BCUT2D eigenvalue weighted by Crippen LogP contribution is -2.57. The van der Waals surface area contributed by atoms with Gasteiger partial charge in [-0.15, -0.1) is 0 Å². The molecule has 2 aromatic carbocycles. The number of ether oxygens (including phenoxy) is 2. The normalized spacial score (nSPS) is 19.8.